The normalized spacial score (nSPS) is 11.1. The summed E-state index contributed by atoms with van der Waals surface area (Å²) in [5, 5.41) is 2.92. The van der Waals surface area contributed by atoms with E-state index in [1.54, 1.807) is 13.2 Å². The molecule has 0 heterocycles. The molecule has 5 nitrogen and oxygen atoms in total. The van der Waals surface area contributed by atoms with Gasteiger partial charge in [-0.3, -0.25) is 9.69 Å². The number of hydrogen-bond donors (Lipinski definition) is 2. The van der Waals surface area contributed by atoms with Crippen LogP contribution in [0, 0.1) is 6.92 Å². The van der Waals surface area contributed by atoms with Crippen LogP contribution in [-0.2, 0) is 9.53 Å². The van der Waals surface area contributed by atoms with Crippen molar-refractivity contribution in [3.8, 4) is 0 Å². The molecule has 0 bridgehead atoms. The summed E-state index contributed by atoms with van der Waals surface area (Å²) in [6.45, 7) is 7.77. The number of nitrogens with one attached hydrogen (secondary N) is 1. The SMILES string of the molecule is COCCN(CC(=O)Nc1ccc(N)cc1C)C(C)C. The summed E-state index contributed by atoms with van der Waals surface area (Å²) in [6.07, 6.45) is 0. The quantitative estimate of drug-likeness (QED) is 0.748. The molecule has 0 saturated heterocycles. The van der Waals surface area contributed by atoms with Crippen molar-refractivity contribution < 1.29 is 9.53 Å². The summed E-state index contributed by atoms with van der Waals surface area (Å²) in [4.78, 5) is 14.2. The largest absolute Gasteiger partial charge is 0.399 e. The van der Waals surface area contributed by atoms with E-state index >= 15 is 0 Å². The zero-order valence-corrected chi connectivity index (χ0v) is 12.8. The molecule has 112 valence electrons. The monoisotopic (exact) mass is 279 g/mol. The number of nitrogen functional groups attached to an aromatic ring is 1. The third-order valence-electron chi connectivity index (χ3n) is 3.18. The summed E-state index contributed by atoms with van der Waals surface area (Å²) in [7, 11) is 1.66. The molecule has 20 heavy (non-hydrogen) atoms. The van der Waals surface area contributed by atoms with Crippen molar-refractivity contribution in [1.82, 2.24) is 4.90 Å². The number of amides is 1. The molecule has 0 unspecified atom stereocenters. The van der Waals surface area contributed by atoms with E-state index in [2.05, 4.69) is 24.1 Å². The highest BCUT2D eigenvalue weighted by Gasteiger charge is 2.14. The highest BCUT2D eigenvalue weighted by molar-refractivity contribution is 5.93. The van der Waals surface area contributed by atoms with Crippen LogP contribution in [-0.4, -0.2) is 43.7 Å². The Balaban J connectivity index is 2.61. The second-order valence-corrected chi connectivity index (χ2v) is 5.18. The Kier molecular flexibility index (Phi) is 6.48. The van der Waals surface area contributed by atoms with Crippen molar-refractivity contribution in [3.05, 3.63) is 23.8 Å². The van der Waals surface area contributed by atoms with Gasteiger partial charge in [0.15, 0.2) is 0 Å². The Morgan fingerprint density at radius 1 is 1.45 bits per heavy atom. The van der Waals surface area contributed by atoms with E-state index in [1.807, 2.05) is 19.1 Å². The zero-order chi connectivity index (χ0) is 15.1. The third-order valence-corrected chi connectivity index (χ3v) is 3.18. The highest BCUT2D eigenvalue weighted by Crippen LogP contribution is 2.17. The standard InChI is InChI=1S/C15H25N3O2/c1-11(2)18(7-8-20-4)10-15(19)17-14-6-5-13(16)9-12(14)3/h5-6,9,11H,7-8,10,16H2,1-4H3,(H,17,19). The molecular formula is C15H25N3O2. The predicted octanol–water partition coefficient (Wildman–Crippen LogP) is 1.87. The minimum Gasteiger partial charge on any atom is -0.399 e. The molecule has 3 N–H and O–H groups in total. The van der Waals surface area contributed by atoms with E-state index in [-0.39, 0.29) is 5.91 Å². The van der Waals surface area contributed by atoms with Crippen LogP contribution in [0.25, 0.3) is 0 Å². The van der Waals surface area contributed by atoms with Crippen LogP contribution in [0.3, 0.4) is 0 Å². The second kappa shape index (κ2) is 7.87. The zero-order valence-electron chi connectivity index (χ0n) is 12.8. The maximum Gasteiger partial charge on any atom is 0.238 e. The fourth-order valence-electron chi connectivity index (χ4n) is 1.93. The van der Waals surface area contributed by atoms with Crippen LogP contribution in [0.2, 0.25) is 0 Å². The number of methoxy groups -OCH3 is 1. The van der Waals surface area contributed by atoms with Gasteiger partial charge in [0.1, 0.15) is 0 Å². The van der Waals surface area contributed by atoms with Crippen LogP contribution < -0.4 is 11.1 Å². The number of carbonyl (C=O) groups excluding carboxylic acids is 1. The number of nitrogens with zero attached hydrogens (tertiary/aromatic N) is 1. The Morgan fingerprint density at radius 3 is 2.70 bits per heavy atom. The molecule has 0 aromatic heterocycles. The molecule has 0 atom stereocenters. The number of nitrogens with two attached hydrogens (primary N) is 1. The molecule has 0 aliphatic rings. The van der Waals surface area contributed by atoms with Gasteiger partial charge in [-0.1, -0.05) is 0 Å². The molecule has 0 aliphatic carbocycles. The number of carbonyl (C=O) groups is 1. The molecule has 1 rings (SSSR count). The van der Waals surface area contributed by atoms with Crippen molar-refractivity contribution in [2.45, 2.75) is 26.8 Å². The lowest BCUT2D eigenvalue weighted by Crippen LogP contribution is -2.40. The van der Waals surface area contributed by atoms with E-state index in [4.69, 9.17) is 10.5 Å². The van der Waals surface area contributed by atoms with Crippen molar-refractivity contribution in [2.24, 2.45) is 0 Å². The third kappa shape index (κ3) is 5.19. The summed E-state index contributed by atoms with van der Waals surface area (Å²) in [5.41, 5.74) is 8.17. The van der Waals surface area contributed by atoms with Crippen molar-refractivity contribution in [2.75, 3.05) is 37.9 Å². The first-order valence-electron chi connectivity index (χ1n) is 6.83. The number of hydrogen-bond acceptors (Lipinski definition) is 4. The summed E-state index contributed by atoms with van der Waals surface area (Å²) in [5.74, 6) is -0.0253. The van der Waals surface area contributed by atoms with Crippen LogP contribution >= 0.6 is 0 Å². The first kappa shape index (κ1) is 16.5. The number of benzene rings is 1. The van der Waals surface area contributed by atoms with Gasteiger partial charge in [-0.2, -0.15) is 0 Å². The van der Waals surface area contributed by atoms with E-state index in [0.29, 0.717) is 24.9 Å². The van der Waals surface area contributed by atoms with Gasteiger partial charge in [-0.15, -0.1) is 0 Å². The van der Waals surface area contributed by atoms with Crippen LogP contribution in [0.1, 0.15) is 19.4 Å². The molecule has 0 aliphatic heterocycles. The van der Waals surface area contributed by atoms with E-state index < -0.39 is 0 Å². The van der Waals surface area contributed by atoms with Crippen molar-refractivity contribution in [1.29, 1.82) is 0 Å². The van der Waals surface area contributed by atoms with Gasteiger partial charge in [0.25, 0.3) is 0 Å². The molecule has 5 heteroatoms. The number of anilines is 2. The Morgan fingerprint density at radius 2 is 2.15 bits per heavy atom. The summed E-state index contributed by atoms with van der Waals surface area (Å²) in [6, 6.07) is 5.76. The predicted molar refractivity (Wildman–Crippen MR) is 82.8 cm³/mol. The number of rotatable bonds is 7. The summed E-state index contributed by atoms with van der Waals surface area (Å²) >= 11 is 0. The molecule has 1 aromatic rings. The van der Waals surface area contributed by atoms with Crippen LogP contribution in [0.15, 0.2) is 18.2 Å². The maximum absolute atomic E-state index is 12.1. The maximum atomic E-state index is 12.1. The van der Waals surface area contributed by atoms with E-state index in [9.17, 15) is 4.79 Å². The second-order valence-electron chi connectivity index (χ2n) is 5.18. The van der Waals surface area contributed by atoms with Gasteiger partial charge in [0.2, 0.25) is 5.91 Å². The Labute approximate surface area is 121 Å². The molecular weight excluding hydrogens is 254 g/mol. The topological polar surface area (TPSA) is 67.6 Å². The van der Waals surface area contributed by atoms with Gasteiger partial charge < -0.3 is 15.8 Å². The first-order chi connectivity index (χ1) is 9.43. The molecule has 0 radical (unpaired) electrons. The van der Waals surface area contributed by atoms with Crippen LogP contribution in [0.5, 0.6) is 0 Å². The Bertz CT molecular complexity index is 447. The van der Waals surface area contributed by atoms with E-state index in [1.165, 1.54) is 0 Å². The lowest BCUT2D eigenvalue weighted by molar-refractivity contribution is -0.117. The smallest absolute Gasteiger partial charge is 0.238 e. The highest BCUT2D eigenvalue weighted by atomic mass is 16.5. The number of ether oxygens (including phenoxy) is 1. The number of aryl methyl sites for hydroxylation is 1. The fourth-order valence-corrected chi connectivity index (χ4v) is 1.93. The van der Waals surface area contributed by atoms with Gasteiger partial charge in [-0.05, 0) is 44.5 Å². The van der Waals surface area contributed by atoms with Gasteiger partial charge in [0.05, 0.1) is 13.2 Å². The molecule has 0 fully saturated rings. The van der Waals surface area contributed by atoms with Crippen molar-refractivity contribution >= 4 is 17.3 Å². The summed E-state index contributed by atoms with van der Waals surface area (Å²) < 4.78 is 5.07. The Hall–Kier alpha value is -1.59. The molecule has 0 saturated carbocycles. The van der Waals surface area contributed by atoms with Crippen molar-refractivity contribution in [3.63, 3.8) is 0 Å². The van der Waals surface area contributed by atoms with Gasteiger partial charge in [-0.25, -0.2) is 0 Å². The molecule has 1 aromatic carbocycles. The minimum atomic E-state index is -0.0253. The average molecular weight is 279 g/mol. The fraction of sp³-hybridized carbons (Fsp3) is 0.533. The first-order valence-corrected chi connectivity index (χ1v) is 6.83. The molecule has 1 amide bonds. The van der Waals surface area contributed by atoms with Gasteiger partial charge in [0, 0.05) is 31.1 Å². The van der Waals surface area contributed by atoms with Gasteiger partial charge >= 0.3 is 0 Å². The van der Waals surface area contributed by atoms with E-state index in [0.717, 1.165) is 17.8 Å². The lowest BCUT2D eigenvalue weighted by Gasteiger charge is -2.25. The van der Waals surface area contributed by atoms with Crippen LogP contribution in [0.4, 0.5) is 11.4 Å². The molecule has 0 spiro atoms. The lowest BCUT2D eigenvalue weighted by atomic mass is 10.2. The minimum absolute atomic E-state index is 0.0253. The average Bonchev–Trinajstić information content (AvgIpc) is 2.37.